The van der Waals surface area contributed by atoms with Gasteiger partial charge in [-0.3, -0.25) is 4.18 Å². The highest BCUT2D eigenvalue weighted by Gasteiger charge is 2.35. The first kappa shape index (κ1) is 10.7. The van der Waals surface area contributed by atoms with Crippen molar-refractivity contribution in [2.45, 2.75) is 19.1 Å². The Morgan fingerprint density at radius 3 is 2.71 bits per heavy atom. The maximum atomic E-state index is 10.9. The molecule has 0 saturated carbocycles. The van der Waals surface area contributed by atoms with Crippen molar-refractivity contribution in [3.05, 3.63) is 0 Å². The van der Waals surface area contributed by atoms with E-state index in [1.54, 1.807) is 0 Å². The zero-order valence-corrected chi connectivity index (χ0v) is 9.29. The molecule has 2 saturated heterocycles. The molecule has 0 aromatic carbocycles. The lowest BCUT2D eigenvalue weighted by molar-refractivity contribution is 0.149. The Bertz CT molecular complexity index is 303. The van der Waals surface area contributed by atoms with E-state index in [0.29, 0.717) is 6.61 Å². The van der Waals surface area contributed by atoms with Gasteiger partial charge in [0.25, 0.3) is 10.1 Å². The van der Waals surface area contributed by atoms with Crippen LogP contribution in [0.4, 0.5) is 0 Å². The minimum Gasteiger partial charge on any atom is -0.309 e. The highest BCUT2D eigenvalue weighted by molar-refractivity contribution is 7.87. The molecule has 3 unspecified atom stereocenters. The summed E-state index contributed by atoms with van der Waals surface area (Å²) in [5, 5.41) is 0. The molecule has 3 atom stereocenters. The van der Waals surface area contributed by atoms with Crippen LogP contribution in [0.1, 0.15) is 6.92 Å². The Kier molecular flexibility index (Phi) is 3.06. The first-order valence-electron chi connectivity index (χ1n) is 4.19. The van der Waals surface area contributed by atoms with Crippen LogP contribution in [0.2, 0.25) is 0 Å². The normalized spacial score (nSPS) is 41.6. The van der Waals surface area contributed by atoms with Crippen LogP contribution in [0.25, 0.3) is 0 Å². The van der Waals surface area contributed by atoms with Gasteiger partial charge in [-0.2, -0.15) is 8.42 Å². The minimum absolute atomic E-state index is 0.0139. The first-order chi connectivity index (χ1) is 6.55. The maximum Gasteiger partial charge on any atom is 0.333 e. The van der Waals surface area contributed by atoms with Gasteiger partial charge >= 0.3 is 8.60 Å². The predicted molar refractivity (Wildman–Crippen MR) is 48.0 cm³/mol. The summed E-state index contributed by atoms with van der Waals surface area (Å²) in [4.78, 5) is 0. The maximum absolute atomic E-state index is 10.9. The van der Waals surface area contributed by atoms with Crippen molar-refractivity contribution in [3.8, 4) is 0 Å². The van der Waals surface area contributed by atoms with E-state index in [1.165, 1.54) is 0 Å². The monoisotopic (exact) mass is 242 g/mol. The van der Waals surface area contributed by atoms with E-state index in [4.69, 9.17) is 13.6 Å². The van der Waals surface area contributed by atoms with Gasteiger partial charge in [-0.15, -0.1) is 0 Å². The standard InChI is InChI=1S/C6H11O6PS/c1-5-2-9-13(11-5)12-6-3-10-14(7,8)4-6/h5-6H,2-4H2,1H3. The molecule has 0 radical (unpaired) electrons. The van der Waals surface area contributed by atoms with Crippen LogP contribution in [0.15, 0.2) is 0 Å². The fourth-order valence-corrected chi connectivity index (χ4v) is 3.53. The summed E-state index contributed by atoms with van der Waals surface area (Å²) in [5.41, 5.74) is 0. The lowest BCUT2D eigenvalue weighted by atomic mass is 10.5. The molecule has 2 rings (SSSR count). The largest absolute Gasteiger partial charge is 0.333 e. The Morgan fingerprint density at radius 2 is 2.21 bits per heavy atom. The molecule has 2 aliphatic heterocycles. The van der Waals surface area contributed by atoms with Gasteiger partial charge < -0.3 is 13.6 Å². The quantitative estimate of drug-likeness (QED) is 0.515. The summed E-state index contributed by atoms with van der Waals surface area (Å²) in [7, 11) is -4.76. The second kappa shape index (κ2) is 4.00. The number of rotatable bonds is 2. The average molecular weight is 242 g/mol. The van der Waals surface area contributed by atoms with Crippen molar-refractivity contribution in [1.29, 1.82) is 0 Å². The van der Waals surface area contributed by atoms with E-state index in [9.17, 15) is 8.42 Å². The zero-order chi connectivity index (χ0) is 10.2. The molecular weight excluding hydrogens is 231 g/mol. The third-order valence-electron chi connectivity index (χ3n) is 1.74. The van der Waals surface area contributed by atoms with E-state index < -0.39 is 24.8 Å². The molecule has 82 valence electrons. The molecule has 0 bridgehead atoms. The van der Waals surface area contributed by atoms with E-state index in [1.807, 2.05) is 6.92 Å². The third kappa shape index (κ3) is 2.62. The second-order valence-electron chi connectivity index (χ2n) is 3.17. The molecule has 0 spiro atoms. The summed E-state index contributed by atoms with van der Waals surface area (Å²) in [6, 6.07) is 0. The molecule has 14 heavy (non-hydrogen) atoms. The van der Waals surface area contributed by atoms with E-state index in [0.717, 1.165) is 0 Å². The van der Waals surface area contributed by atoms with Crippen molar-refractivity contribution in [2.24, 2.45) is 0 Å². The molecule has 2 aliphatic rings. The summed E-state index contributed by atoms with van der Waals surface area (Å²) in [6.45, 7) is 2.42. The van der Waals surface area contributed by atoms with Gasteiger partial charge in [0.15, 0.2) is 0 Å². The SMILES string of the molecule is CC1COP(OC2COS(=O)(=O)C2)O1. The highest BCUT2D eigenvalue weighted by Crippen LogP contribution is 2.47. The van der Waals surface area contributed by atoms with Crippen molar-refractivity contribution < 1.29 is 26.2 Å². The van der Waals surface area contributed by atoms with Crippen molar-refractivity contribution in [3.63, 3.8) is 0 Å². The molecule has 0 N–H and O–H groups in total. The zero-order valence-electron chi connectivity index (χ0n) is 7.58. The summed E-state index contributed by atoms with van der Waals surface area (Å²) in [5.74, 6) is -0.118. The van der Waals surface area contributed by atoms with E-state index >= 15 is 0 Å². The van der Waals surface area contributed by atoms with E-state index in [2.05, 4.69) is 4.18 Å². The van der Waals surface area contributed by atoms with Gasteiger partial charge in [0, 0.05) is 0 Å². The molecule has 6 nitrogen and oxygen atoms in total. The van der Waals surface area contributed by atoms with Crippen LogP contribution in [0.5, 0.6) is 0 Å². The lowest BCUT2D eigenvalue weighted by Crippen LogP contribution is -2.14. The lowest BCUT2D eigenvalue weighted by Gasteiger charge is -2.11. The van der Waals surface area contributed by atoms with E-state index in [-0.39, 0.29) is 18.5 Å². The van der Waals surface area contributed by atoms with Gasteiger partial charge in [0.1, 0.15) is 11.9 Å². The van der Waals surface area contributed by atoms with Crippen LogP contribution in [0, 0.1) is 0 Å². The van der Waals surface area contributed by atoms with Crippen molar-refractivity contribution >= 4 is 18.7 Å². The second-order valence-corrected chi connectivity index (χ2v) is 5.98. The Balaban J connectivity index is 1.82. The van der Waals surface area contributed by atoms with Crippen molar-refractivity contribution in [2.75, 3.05) is 19.0 Å². The van der Waals surface area contributed by atoms with Crippen LogP contribution in [-0.4, -0.2) is 39.6 Å². The van der Waals surface area contributed by atoms with Crippen LogP contribution in [-0.2, 0) is 27.9 Å². The van der Waals surface area contributed by atoms with Gasteiger partial charge in [-0.05, 0) is 6.92 Å². The molecule has 2 fully saturated rings. The van der Waals surface area contributed by atoms with Crippen LogP contribution < -0.4 is 0 Å². The third-order valence-corrected chi connectivity index (χ3v) is 4.38. The van der Waals surface area contributed by atoms with Gasteiger partial charge in [0.05, 0.1) is 19.3 Å². The summed E-state index contributed by atoms with van der Waals surface area (Å²) >= 11 is 0. The molecule has 0 aromatic rings. The molecule has 8 heteroatoms. The molecule has 0 aromatic heterocycles. The number of hydrogen-bond acceptors (Lipinski definition) is 6. The van der Waals surface area contributed by atoms with Crippen LogP contribution >= 0.6 is 8.60 Å². The Labute approximate surface area is 83.6 Å². The highest BCUT2D eigenvalue weighted by atomic mass is 32.2. The first-order valence-corrected chi connectivity index (χ1v) is 6.86. The van der Waals surface area contributed by atoms with Gasteiger partial charge in [-0.25, -0.2) is 0 Å². The average Bonchev–Trinajstić information content (AvgIpc) is 2.59. The van der Waals surface area contributed by atoms with Gasteiger partial charge in [-0.1, -0.05) is 0 Å². The Morgan fingerprint density at radius 1 is 1.43 bits per heavy atom. The molecule has 0 amide bonds. The molecule has 0 aliphatic carbocycles. The Hall–Kier alpha value is 0.220. The smallest absolute Gasteiger partial charge is 0.309 e. The molecular formula is C6H11O6PS. The summed E-state index contributed by atoms with van der Waals surface area (Å²) < 4.78 is 42.1. The van der Waals surface area contributed by atoms with Crippen molar-refractivity contribution in [1.82, 2.24) is 0 Å². The number of hydrogen-bond donors (Lipinski definition) is 0. The predicted octanol–water partition coefficient (Wildman–Crippen LogP) is 0.394. The summed E-state index contributed by atoms with van der Waals surface area (Å²) in [6.07, 6.45) is -0.448. The fourth-order valence-electron chi connectivity index (χ4n) is 1.11. The minimum atomic E-state index is -3.38. The molecule has 2 heterocycles. The van der Waals surface area contributed by atoms with Crippen LogP contribution in [0.3, 0.4) is 0 Å². The fraction of sp³-hybridized carbons (Fsp3) is 1.00. The van der Waals surface area contributed by atoms with Gasteiger partial charge in [0.2, 0.25) is 0 Å². The topological polar surface area (TPSA) is 71.1 Å².